The van der Waals surface area contributed by atoms with Gasteiger partial charge in [0.2, 0.25) is 15.6 Å². The Morgan fingerprint density at radius 3 is 2.55 bits per heavy atom. The van der Waals surface area contributed by atoms with Crippen molar-refractivity contribution in [2.75, 3.05) is 13.1 Å². The largest absolute Gasteiger partial charge is 0.316 e. The molecule has 42 heavy (non-hydrogen) atoms. The first kappa shape index (κ1) is 26.9. The molecule has 10 heteroatoms. The fraction of sp³-hybridized carbons (Fsp3) is 0.344. The highest BCUT2D eigenvalue weighted by atomic mass is 32.2. The number of rotatable bonds is 7. The van der Waals surface area contributed by atoms with Crippen molar-refractivity contribution >= 4 is 20.9 Å². The molecule has 1 aliphatic heterocycles. The first-order valence-electron chi connectivity index (χ1n) is 14.5. The molecule has 2 fully saturated rings. The Balaban J connectivity index is 1.28. The molecular formula is C32H34N6O3S. The number of benzene rings is 2. The average Bonchev–Trinajstić information content (AvgIpc) is 3.69. The van der Waals surface area contributed by atoms with Crippen LogP contribution in [0.15, 0.2) is 89.1 Å². The van der Waals surface area contributed by atoms with Gasteiger partial charge >= 0.3 is 0 Å². The summed E-state index contributed by atoms with van der Waals surface area (Å²) >= 11 is 0. The SMILES string of the molecule is Cc1cc2c(cnn2-c2ccc(=O)n(C)c2)cc1C1(Cc2ccccc2)CCN(S(=O)(=O)c2cnn(C3CCC3)c2)C1. The van der Waals surface area contributed by atoms with Gasteiger partial charge in [0.05, 0.1) is 29.6 Å². The number of hydrogen-bond donors (Lipinski definition) is 0. The highest BCUT2D eigenvalue weighted by Gasteiger charge is 2.45. The van der Waals surface area contributed by atoms with Crippen LogP contribution in [0.5, 0.6) is 0 Å². The summed E-state index contributed by atoms with van der Waals surface area (Å²) in [7, 11) is -1.97. The van der Waals surface area contributed by atoms with Crippen LogP contribution in [-0.2, 0) is 28.9 Å². The monoisotopic (exact) mass is 582 g/mol. The molecule has 1 saturated carbocycles. The molecule has 1 saturated heterocycles. The molecule has 3 aromatic heterocycles. The van der Waals surface area contributed by atoms with Crippen LogP contribution in [-0.4, -0.2) is 49.9 Å². The minimum atomic E-state index is -3.70. The zero-order valence-corrected chi connectivity index (χ0v) is 24.7. The highest BCUT2D eigenvalue weighted by Crippen LogP contribution is 2.43. The van der Waals surface area contributed by atoms with E-state index in [9.17, 15) is 13.2 Å². The molecule has 1 atom stereocenters. The van der Waals surface area contributed by atoms with Crippen molar-refractivity contribution in [3.8, 4) is 5.69 Å². The molecule has 1 unspecified atom stereocenters. The number of aromatic nitrogens is 5. The Bertz CT molecular complexity index is 1960. The summed E-state index contributed by atoms with van der Waals surface area (Å²) in [6.07, 6.45) is 11.5. The highest BCUT2D eigenvalue weighted by molar-refractivity contribution is 7.89. The van der Waals surface area contributed by atoms with E-state index < -0.39 is 15.4 Å². The summed E-state index contributed by atoms with van der Waals surface area (Å²) in [5.74, 6) is 0. The van der Waals surface area contributed by atoms with Gasteiger partial charge in [-0.05, 0) is 73.9 Å². The summed E-state index contributed by atoms with van der Waals surface area (Å²) in [5.41, 5.74) is 4.66. The van der Waals surface area contributed by atoms with E-state index >= 15 is 0 Å². The van der Waals surface area contributed by atoms with Gasteiger partial charge in [-0.25, -0.2) is 13.1 Å². The number of nitrogens with zero attached hydrogens (tertiary/aromatic N) is 6. The lowest BCUT2D eigenvalue weighted by molar-refractivity contribution is 0.289. The predicted octanol–water partition coefficient (Wildman–Crippen LogP) is 4.53. The molecule has 9 nitrogen and oxygen atoms in total. The van der Waals surface area contributed by atoms with Crippen molar-refractivity contribution in [1.29, 1.82) is 0 Å². The van der Waals surface area contributed by atoms with E-state index in [0.717, 1.165) is 53.4 Å². The number of sulfonamides is 1. The molecule has 1 aliphatic carbocycles. The predicted molar refractivity (Wildman–Crippen MR) is 161 cm³/mol. The number of aryl methyl sites for hydroxylation is 2. The fourth-order valence-corrected chi connectivity index (χ4v) is 8.07. The number of pyridine rings is 1. The lowest BCUT2D eigenvalue weighted by atomic mass is 9.73. The van der Waals surface area contributed by atoms with E-state index in [4.69, 9.17) is 0 Å². The second-order valence-corrected chi connectivity index (χ2v) is 13.8. The molecule has 0 bridgehead atoms. The minimum absolute atomic E-state index is 0.0762. The third-order valence-corrected chi connectivity index (χ3v) is 11.0. The number of fused-ring (bicyclic) bond motifs is 1. The third-order valence-electron chi connectivity index (χ3n) is 9.17. The van der Waals surface area contributed by atoms with Crippen molar-refractivity contribution in [3.05, 3.63) is 106 Å². The van der Waals surface area contributed by atoms with E-state index in [-0.39, 0.29) is 10.5 Å². The van der Waals surface area contributed by atoms with Crippen molar-refractivity contribution in [2.45, 2.75) is 55.4 Å². The van der Waals surface area contributed by atoms with E-state index in [1.54, 1.807) is 40.4 Å². The standard InChI is InChI=1S/C32H34N6O3S/c1-23-15-30-25(18-34-38(30)27-11-12-31(39)35(2)20-27)16-29(23)32(17-24-7-4-3-5-8-24)13-14-36(22-32)42(40,41)28-19-33-37(21-28)26-9-6-10-26/h3-5,7-8,11-12,15-16,18-21,26H,6,9-10,13-14,17,22H2,1-2H3. The van der Waals surface area contributed by atoms with Crippen LogP contribution in [0.4, 0.5) is 0 Å². The van der Waals surface area contributed by atoms with Gasteiger partial charge in [-0.1, -0.05) is 30.3 Å². The van der Waals surface area contributed by atoms with Gasteiger partial charge in [0, 0.05) is 49.4 Å². The molecule has 0 amide bonds. The van der Waals surface area contributed by atoms with Crippen LogP contribution < -0.4 is 5.56 Å². The second kappa shape index (κ2) is 10.1. The van der Waals surface area contributed by atoms with E-state index in [0.29, 0.717) is 25.6 Å². The Labute approximate surface area is 245 Å². The summed E-state index contributed by atoms with van der Waals surface area (Å²) in [5, 5.41) is 10.0. The molecule has 2 aliphatic rings. The maximum atomic E-state index is 13.9. The van der Waals surface area contributed by atoms with E-state index in [1.165, 1.54) is 11.8 Å². The molecule has 4 heterocycles. The van der Waals surface area contributed by atoms with Crippen LogP contribution in [0.3, 0.4) is 0 Å². The Morgan fingerprint density at radius 2 is 1.81 bits per heavy atom. The van der Waals surface area contributed by atoms with Crippen LogP contribution in [0.1, 0.15) is 48.4 Å². The third kappa shape index (κ3) is 4.49. The Hall–Kier alpha value is -4.02. The summed E-state index contributed by atoms with van der Waals surface area (Å²) in [4.78, 5) is 12.2. The Kier molecular flexibility index (Phi) is 6.43. The zero-order valence-electron chi connectivity index (χ0n) is 23.8. The first-order valence-corrected chi connectivity index (χ1v) is 15.9. The topological polar surface area (TPSA) is 95.0 Å². The summed E-state index contributed by atoms with van der Waals surface area (Å²) < 4.78 is 34.6. The second-order valence-electron chi connectivity index (χ2n) is 11.9. The van der Waals surface area contributed by atoms with Gasteiger partial charge in [-0.2, -0.15) is 14.5 Å². The zero-order chi connectivity index (χ0) is 29.1. The molecule has 7 rings (SSSR count). The summed E-state index contributed by atoms with van der Waals surface area (Å²) in [6.45, 7) is 2.93. The van der Waals surface area contributed by atoms with Gasteiger partial charge in [-0.3, -0.25) is 9.48 Å². The number of hydrogen-bond acceptors (Lipinski definition) is 5. The fourth-order valence-electron chi connectivity index (χ4n) is 6.60. The quantitative estimate of drug-likeness (QED) is 0.281. The van der Waals surface area contributed by atoms with Crippen LogP contribution in [0.2, 0.25) is 0 Å². The van der Waals surface area contributed by atoms with Crippen LogP contribution >= 0.6 is 0 Å². The normalized spacial score (nSPS) is 19.9. The van der Waals surface area contributed by atoms with E-state index in [2.05, 4.69) is 41.4 Å². The van der Waals surface area contributed by atoms with E-state index in [1.807, 2.05) is 33.8 Å². The Morgan fingerprint density at radius 1 is 1.00 bits per heavy atom. The molecule has 0 N–H and O–H groups in total. The van der Waals surface area contributed by atoms with Gasteiger partial charge in [0.15, 0.2) is 0 Å². The van der Waals surface area contributed by atoms with Gasteiger partial charge in [0.1, 0.15) is 4.90 Å². The van der Waals surface area contributed by atoms with Gasteiger partial charge in [-0.15, -0.1) is 0 Å². The van der Waals surface area contributed by atoms with Gasteiger partial charge in [0.25, 0.3) is 0 Å². The molecule has 5 aromatic rings. The maximum Gasteiger partial charge on any atom is 0.250 e. The minimum Gasteiger partial charge on any atom is -0.316 e. The van der Waals surface area contributed by atoms with Crippen molar-refractivity contribution in [3.63, 3.8) is 0 Å². The van der Waals surface area contributed by atoms with Crippen LogP contribution in [0.25, 0.3) is 16.6 Å². The average molecular weight is 583 g/mol. The smallest absolute Gasteiger partial charge is 0.250 e. The van der Waals surface area contributed by atoms with Crippen molar-refractivity contribution < 1.29 is 8.42 Å². The lowest BCUT2D eigenvalue weighted by Gasteiger charge is -2.32. The molecular weight excluding hydrogens is 548 g/mol. The van der Waals surface area contributed by atoms with Crippen molar-refractivity contribution in [2.24, 2.45) is 7.05 Å². The lowest BCUT2D eigenvalue weighted by Crippen LogP contribution is -2.36. The molecule has 216 valence electrons. The maximum absolute atomic E-state index is 13.9. The van der Waals surface area contributed by atoms with Crippen LogP contribution in [0, 0.1) is 6.92 Å². The molecule has 2 aromatic carbocycles. The molecule has 0 radical (unpaired) electrons. The first-order chi connectivity index (χ1) is 20.2. The molecule has 0 spiro atoms. The summed E-state index contributed by atoms with van der Waals surface area (Å²) in [6, 6.07) is 18.3. The van der Waals surface area contributed by atoms with Crippen molar-refractivity contribution in [1.82, 2.24) is 28.4 Å². The van der Waals surface area contributed by atoms with Gasteiger partial charge < -0.3 is 4.57 Å².